The highest BCUT2D eigenvalue weighted by molar-refractivity contribution is 5.79. The number of hydrogen-bond donors (Lipinski definition) is 2. The van der Waals surface area contributed by atoms with E-state index in [4.69, 9.17) is 5.73 Å². The Bertz CT molecular complexity index is 576. The molecule has 3 N–H and O–H groups in total. The maximum Gasteiger partial charge on any atom is 0.0858 e. The second-order valence-corrected chi connectivity index (χ2v) is 5.63. The van der Waals surface area contributed by atoms with Crippen LogP contribution >= 0.6 is 0 Å². The van der Waals surface area contributed by atoms with E-state index < -0.39 is 6.10 Å². The van der Waals surface area contributed by atoms with Gasteiger partial charge in [-0.15, -0.1) is 0 Å². The zero-order chi connectivity index (χ0) is 13.3. The van der Waals surface area contributed by atoms with E-state index >= 15 is 0 Å². The molecule has 19 heavy (non-hydrogen) atoms. The smallest absolute Gasteiger partial charge is 0.0858 e. The normalized spacial score (nSPS) is 19.7. The standard InChI is InChI=1S/C16H20N2O/c17-11-16(7-1-2-8-16)15(19)13-5-6-14-12(10-13)4-3-9-18-14/h3-6,9-10,15,19H,1-2,7-8,11,17H2. The predicted molar refractivity (Wildman–Crippen MR) is 76.7 cm³/mol. The van der Waals surface area contributed by atoms with Crippen LogP contribution in [-0.2, 0) is 0 Å². The van der Waals surface area contributed by atoms with Gasteiger partial charge in [0.1, 0.15) is 0 Å². The molecule has 1 aromatic carbocycles. The molecule has 1 atom stereocenters. The Hall–Kier alpha value is -1.45. The molecule has 2 aromatic rings. The Kier molecular flexibility index (Phi) is 3.25. The van der Waals surface area contributed by atoms with Crippen LogP contribution in [-0.4, -0.2) is 16.6 Å². The highest BCUT2D eigenvalue weighted by Crippen LogP contribution is 2.47. The first-order valence-electron chi connectivity index (χ1n) is 6.98. The van der Waals surface area contributed by atoms with Crippen LogP contribution in [0.15, 0.2) is 36.5 Å². The van der Waals surface area contributed by atoms with Gasteiger partial charge in [-0.2, -0.15) is 0 Å². The molecule has 0 radical (unpaired) electrons. The molecule has 3 rings (SSSR count). The minimum Gasteiger partial charge on any atom is -0.388 e. The van der Waals surface area contributed by atoms with E-state index in [-0.39, 0.29) is 5.41 Å². The third kappa shape index (κ3) is 2.13. The average molecular weight is 256 g/mol. The van der Waals surface area contributed by atoms with E-state index in [9.17, 15) is 5.11 Å². The number of fused-ring (bicyclic) bond motifs is 1. The van der Waals surface area contributed by atoms with E-state index in [1.54, 1.807) is 6.20 Å². The van der Waals surface area contributed by atoms with Crippen LogP contribution in [0.5, 0.6) is 0 Å². The molecule has 0 aliphatic heterocycles. The molecular weight excluding hydrogens is 236 g/mol. The molecule has 1 unspecified atom stereocenters. The summed E-state index contributed by atoms with van der Waals surface area (Å²) in [6.45, 7) is 0.555. The lowest BCUT2D eigenvalue weighted by atomic mass is 9.77. The summed E-state index contributed by atoms with van der Waals surface area (Å²) in [5.41, 5.74) is 7.75. The van der Waals surface area contributed by atoms with Crippen molar-refractivity contribution >= 4 is 10.9 Å². The van der Waals surface area contributed by atoms with Gasteiger partial charge in [0.15, 0.2) is 0 Å². The van der Waals surface area contributed by atoms with E-state index in [1.165, 1.54) is 12.8 Å². The summed E-state index contributed by atoms with van der Waals surface area (Å²) in [5.74, 6) is 0. The fraction of sp³-hybridized carbons (Fsp3) is 0.438. The molecule has 3 heteroatoms. The highest BCUT2D eigenvalue weighted by Gasteiger charge is 2.40. The minimum absolute atomic E-state index is 0.129. The van der Waals surface area contributed by atoms with E-state index in [0.29, 0.717) is 6.54 Å². The van der Waals surface area contributed by atoms with Crippen LogP contribution in [0.3, 0.4) is 0 Å². The van der Waals surface area contributed by atoms with Gasteiger partial charge < -0.3 is 10.8 Å². The van der Waals surface area contributed by atoms with E-state index in [0.717, 1.165) is 29.3 Å². The number of nitrogens with zero attached hydrogens (tertiary/aromatic N) is 1. The first-order valence-corrected chi connectivity index (χ1v) is 6.98. The number of aliphatic hydroxyl groups excluding tert-OH is 1. The summed E-state index contributed by atoms with van der Waals surface area (Å²) in [6, 6.07) is 9.96. The van der Waals surface area contributed by atoms with Crippen molar-refractivity contribution in [3.8, 4) is 0 Å². The summed E-state index contributed by atoms with van der Waals surface area (Å²) >= 11 is 0. The Balaban J connectivity index is 1.99. The van der Waals surface area contributed by atoms with E-state index in [1.807, 2.05) is 30.3 Å². The summed E-state index contributed by atoms with van der Waals surface area (Å²) in [6.07, 6.45) is 5.71. The van der Waals surface area contributed by atoms with Gasteiger partial charge in [0.05, 0.1) is 11.6 Å². The van der Waals surface area contributed by atoms with Crippen molar-refractivity contribution in [1.82, 2.24) is 4.98 Å². The topological polar surface area (TPSA) is 59.1 Å². The molecular formula is C16H20N2O. The average Bonchev–Trinajstić information content (AvgIpc) is 2.96. The number of hydrogen-bond acceptors (Lipinski definition) is 3. The molecule has 0 saturated heterocycles. The Labute approximate surface area is 113 Å². The van der Waals surface area contributed by atoms with Crippen LogP contribution in [0, 0.1) is 5.41 Å². The molecule has 1 aromatic heterocycles. The van der Waals surface area contributed by atoms with Gasteiger partial charge in [-0.05, 0) is 36.6 Å². The van der Waals surface area contributed by atoms with Crippen molar-refractivity contribution in [3.05, 3.63) is 42.1 Å². The maximum absolute atomic E-state index is 10.7. The Morgan fingerprint density at radius 2 is 2.05 bits per heavy atom. The van der Waals surface area contributed by atoms with Crippen LogP contribution in [0.1, 0.15) is 37.4 Å². The predicted octanol–water partition coefficient (Wildman–Crippen LogP) is 2.79. The first-order chi connectivity index (χ1) is 9.25. The SMILES string of the molecule is NCC1(C(O)c2ccc3ncccc3c2)CCCC1. The van der Waals surface area contributed by atoms with E-state index in [2.05, 4.69) is 4.98 Å². The zero-order valence-corrected chi connectivity index (χ0v) is 11.0. The number of nitrogens with two attached hydrogens (primary N) is 1. The van der Waals surface area contributed by atoms with Gasteiger partial charge in [-0.1, -0.05) is 25.0 Å². The molecule has 1 aliphatic carbocycles. The lowest BCUT2D eigenvalue weighted by Crippen LogP contribution is -2.34. The number of aliphatic hydroxyl groups is 1. The molecule has 1 saturated carbocycles. The largest absolute Gasteiger partial charge is 0.388 e. The van der Waals surface area contributed by atoms with Gasteiger partial charge in [-0.3, -0.25) is 4.98 Å². The van der Waals surface area contributed by atoms with Crippen molar-refractivity contribution < 1.29 is 5.11 Å². The molecule has 1 heterocycles. The second-order valence-electron chi connectivity index (χ2n) is 5.63. The fourth-order valence-corrected chi connectivity index (χ4v) is 3.29. The molecule has 3 nitrogen and oxygen atoms in total. The highest BCUT2D eigenvalue weighted by atomic mass is 16.3. The van der Waals surface area contributed by atoms with Crippen molar-refractivity contribution in [1.29, 1.82) is 0 Å². The number of rotatable bonds is 3. The number of aromatic nitrogens is 1. The fourth-order valence-electron chi connectivity index (χ4n) is 3.29. The Morgan fingerprint density at radius 1 is 1.26 bits per heavy atom. The van der Waals surface area contributed by atoms with Gasteiger partial charge in [0.25, 0.3) is 0 Å². The van der Waals surface area contributed by atoms with Crippen molar-refractivity contribution in [3.63, 3.8) is 0 Å². The van der Waals surface area contributed by atoms with Crippen LogP contribution < -0.4 is 5.73 Å². The summed E-state index contributed by atoms with van der Waals surface area (Å²) < 4.78 is 0. The summed E-state index contributed by atoms with van der Waals surface area (Å²) in [7, 11) is 0. The maximum atomic E-state index is 10.7. The molecule has 1 aliphatic rings. The van der Waals surface area contributed by atoms with Gasteiger partial charge in [0.2, 0.25) is 0 Å². The quantitative estimate of drug-likeness (QED) is 0.887. The van der Waals surface area contributed by atoms with Crippen molar-refractivity contribution in [2.45, 2.75) is 31.8 Å². The molecule has 0 spiro atoms. The molecule has 100 valence electrons. The van der Waals surface area contributed by atoms with Gasteiger partial charge in [0, 0.05) is 23.5 Å². The lowest BCUT2D eigenvalue weighted by molar-refractivity contribution is 0.0334. The second kappa shape index (κ2) is 4.91. The summed E-state index contributed by atoms with van der Waals surface area (Å²) in [5, 5.41) is 11.8. The van der Waals surface area contributed by atoms with Gasteiger partial charge >= 0.3 is 0 Å². The third-order valence-electron chi connectivity index (χ3n) is 4.53. The van der Waals surface area contributed by atoms with Crippen LogP contribution in [0.4, 0.5) is 0 Å². The summed E-state index contributed by atoms with van der Waals surface area (Å²) in [4.78, 5) is 4.31. The van der Waals surface area contributed by atoms with Crippen LogP contribution in [0.2, 0.25) is 0 Å². The molecule has 0 bridgehead atoms. The number of pyridine rings is 1. The molecule has 0 amide bonds. The first kappa shape index (κ1) is 12.6. The third-order valence-corrected chi connectivity index (χ3v) is 4.53. The lowest BCUT2D eigenvalue weighted by Gasteiger charge is -2.33. The minimum atomic E-state index is -0.468. The zero-order valence-electron chi connectivity index (χ0n) is 11.0. The Morgan fingerprint density at radius 3 is 2.79 bits per heavy atom. The monoisotopic (exact) mass is 256 g/mol. The number of benzene rings is 1. The molecule has 1 fully saturated rings. The van der Waals surface area contributed by atoms with Crippen LogP contribution in [0.25, 0.3) is 10.9 Å². The van der Waals surface area contributed by atoms with Crippen molar-refractivity contribution in [2.75, 3.05) is 6.54 Å². The van der Waals surface area contributed by atoms with Crippen molar-refractivity contribution in [2.24, 2.45) is 11.1 Å². The van der Waals surface area contributed by atoms with Gasteiger partial charge in [-0.25, -0.2) is 0 Å².